The Kier molecular flexibility index (Phi) is 5.72. The smallest absolute Gasteiger partial charge is 0.122 e. The number of rotatable bonds is 7. The molecule has 98 valence electrons. The maximum atomic E-state index is 5.52. The predicted molar refractivity (Wildman–Crippen MR) is 71.9 cm³/mol. The summed E-state index contributed by atoms with van der Waals surface area (Å²) < 4.78 is 5.52. The van der Waals surface area contributed by atoms with E-state index >= 15 is 0 Å². The molecule has 1 rings (SSSR count). The van der Waals surface area contributed by atoms with Gasteiger partial charge < -0.3 is 9.73 Å². The average molecular weight is 238 g/mol. The summed E-state index contributed by atoms with van der Waals surface area (Å²) in [6.07, 6.45) is 1.79. The fourth-order valence-corrected chi connectivity index (χ4v) is 1.82. The van der Waals surface area contributed by atoms with E-state index in [2.05, 4.69) is 51.0 Å². The van der Waals surface area contributed by atoms with Crippen LogP contribution in [-0.4, -0.2) is 24.5 Å². The summed E-state index contributed by atoms with van der Waals surface area (Å²) >= 11 is 0. The molecular formula is C14H26N2O. The van der Waals surface area contributed by atoms with E-state index in [-0.39, 0.29) is 0 Å². The maximum absolute atomic E-state index is 5.52. The minimum absolute atomic E-state index is 0.580. The van der Waals surface area contributed by atoms with Crippen molar-refractivity contribution in [3.63, 3.8) is 0 Å². The standard InChI is InChI=1S/C14H26N2O/c1-6-15-9-14-13(7-8-17-14)10-16(5)12(4)11(2)3/h7-8,11-12,15H,6,9-10H2,1-5H3. The molecule has 0 radical (unpaired) electrons. The van der Waals surface area contributed by atoms with E-state index in [1.165, 1.54) is 5.56 Å². The second-order valence-corrected chi connectivity index (χ2v) is 5.05. The average Bonchev–Trinajstić information content (AvgIpc) is 2.72. The van der Waals surface area contributed by atoms with Crippen LogP contribution < -0.4 is 5.32 Å². The van der Waals surface area contributed by atoms with Crippen LogP contribution >= 0.6 is 0 Å². The van der Waals surface area contributed by atoms with Gasteiger partial charge in [0.15, 0.2) is 0 Å². The minimum atomic E-state index is 0.580. The zero-order valence-electron chi connectivity index (χ0n) is 11.8. The van der Waals surface area contributed by atoms with Crippen molar-refractivity contribution in [2.45, 2.75) is 46.8 Å². The number of hydrogen-bond donors (Lipinski definition) is 1. The zero-order valence-corrected chi connectivity index (χ0v) is 11.8. The Balaban J connectivity index is 2.58. The highest BCUT2D eigenvalue weighted by atomic mass is 16.3. The topological polar surface area (TPSA) is 28.4 Å². The Labute approximate surface area is 105 Å². The van der Waals surface area contributed by atoms with E-state index in [0.717, 1.165) is 25.4 Å². The quantitative estimate of drug-likeness (QED) is 0.792. The van der Waals surface area contributed by atoms with Crippen LogP contribution in [0.2, 0.25) is 0 Å². The van der Waals surface area contributed by atoms with E-state index in [9.17, 15) is 0 Å². The lowest BCUT2D eigenvalue weighted by molar-refractivity contribution is 0.199. The Hall–Kier alpha value is -0.800. The molecule has 0 aliphatic rings. The Morgan fingerprint density at radius 1 is 1.35 bits per heavy atom. The van der Waals surface area contributed by atoms with Crippen LogP contribution in [0.5, 0.6) is 0 Å². The van der Waals surface area contributed by atoms with Crippen molar-refractivity contribution in [3.8, 4) is 0 Å². The Morgan fingerprint density at radius 3 is 2.65 bits per heavy atom. The molecule has 0 aliphatic heterocycles. The fraction of sp³-hybridized carbons (Fsp3) is 0.714. The molecule has 1 unspecified atom stereocenters. The van der Waals surface area contributed by atoms with Gasteiger partial charge in [-0.15, -0.1) is 0 Å². The molecule has 0 bridgehead atoms. The molecule has 0 spiro atoms. The fourth-order valence-electron chi connectivity index (χ4n) is 1.82. The lowest BCUT2D eigenvalue weighted by atomic mass is 10.0. The van der Waals surface area contributed by atoms with Gasteiger partial charge in [-0.25, -0.2) is 0 Å². The molecule has 3 nitrogen and oxygen atoms in total. The summed E-state index contributed by atoms with van der Waals surface area (Å²) in [5, 5.41) is 3.30. The normalized spacial score (nSPS) is 13.6. The van der Waals surface area contributed by atoms with Gasteiger partial charge in [0.05, 0.1) is 12.8 Å². The summed E-state index contributed by atoms with van der Waals surface area (Å²) in [6.45, 7) is 11.6. The van der Waals surface area contributed by atoms with E-state index < -0.39 is 0 Å². The number of furan rings is 1. The Morgan fingerprint density at radius 2 is 2.06 bits per heavy atom. The number of hydrogen-bond acceptors (Lipinski definition) is 3. The number of nitrogens with one attached hydrogen (secondary N) is 1. The molecule has 0 saturated carbocycles. The van der Waals surface area contributed by atoms with Crippen LogP contribution in [0.1, 0.15) is 39.0 Å². The molecule has 1 aromatic rings. The first kappa shape index (κ1) is 14.3. The molecule has 1 N–H and O–H groups in total. The second-order valence-electron chi connectivity index (χ2n) is 5.05. The highest BCUT2D eigenvalue weighted by Gasteiger charge is 2.15. The molecular weight excluding hydrogens is 212 g/mol. The van der Waals surface area contributed by atoms with Gasteiger partial charge in [0, 0.05) is 18.2 Å². The summed E-state index contributed by atoms with van der Waals surface area (Å²) in [4.78, 5) is 2.38. The molecule has 0 aliphatic carbocycles. The molecule has 0 fully saturated rings. The SMILES string of the molecule is CCNCc1occc1CN(C)C(C)C(C)C. The monoisotopic (exact) mass is 238 g/mol. The van der Waals surface area contributed by atoms with Crippen molar-refractivity contribution in [1.82, 2.24) is 10.2 Å². The van der Waals surface area contributed by atoms with Gasteiger partial charge in [0.2, 0.25) is 0 Å². The van der Waals surface area contributed by atoms with Crippen molar-refractivity contribution in [1.29, 1.82) is 0 Å². The van der Waals surface area contributed by atoms with Crippen molar-refractivity contribution in [2.75, 3.05) is 13.6 Å². The van der Waals surface area contributed by atoms with Crippen molar-refractivity contribution < 1.29 is 4.42 Å². The van der Waals surface area contributed by atoms with Gasteiger partial charge in [-0.1, -0.05) is 20.8 Å². The third-order valence-electron chi connectivity index (χ3n) is 3.45. The molecule has 0 amide bonds. The predicted octanol–water partition coefficient (Wildman–Crippen LogP) is 2.87. The second kappa shape index (κ2) is 6.82. The molecule has 1 atom stereocenters. The van der Waals surface area contributed by atoms with Crippen LogP contribution in [0.15, 0.2) is 16.7 Å². The largest absolute Gasteiger partial charge is 0.468 e. The summed E-state index contributed by atoms with van der Waals surface area (Å²) in [7, 11) is 2.18. The van der Waals surface area contributed by atoms with Gasteiger partial charge in [0.1, 0.15) is 5.76 Å². The molecule has 0 aromatic carbocycles. The first-order valence-electron chi connectivity index (χ1n) is 6.52. The van der Waals surface area contributed by atoms with E-state index in [4.69, 9.17) is 4.42 Å². The van der Waals surface area contributed by atoms with Gasteiger partial charge in [0.25, 0.3) is 0 Å². The first-order chi connectivity index (χ1) is 8.06. The van der Waals surface area contributed by atoms with Crippen LogP contribution in [0.25, 0.3) is 0 Å². The Bertz CT molecular complexity index is 320. The molecule has 0 saturated heterocycles. The molecule has 17 heavy (non-hydrogen) atoms. The zero-order chi connectivity index (χ0) is 12.8. The number of nitrogens with zero attached hydrogens (tertiary/aromatic N) is 1. The van der Waals surface area contributed by atoms with Crippen LogP contribution in [0.3, 0.4) is 0 Å². The lowest BCUT2D eigenvalue weighted by Crippen LogP contribution is -2.33. The third-order valence-corrected chi connectivity index (χ3v) is 3.45. The van der Waals surface area contributed by atoms with Crippen molar-refractivity contribution in [2.24, 2.45) is 5.92 Å². The van der Waals surface area contributed by atoms with Crippen LogP contribution in [-0.2, 0) is 13.1 Å². The van der Waals surface area contributed by atoms with E-state index in [1.807, 2.05) is 0 Å². The van der Waals surface area contributed by atoms with Crippen molar-refractivity contribution in [3.05, 3.63) is 23.7 Å². The lowest BCUT2D eigenvalue weighted by Gasteiger charge is -2.27. The highest BCUT2D eigenvalue weighted by Crippen LogP contribution is 2.16. The van der Waals surface area contributed by atoms with Gasteiger partial charge >= 0.3 is 0 Å². The van der Waals surface area contributed by atoms with Crippen molar-refractivity contribution >= 4 is 0 Å². The highest BCUT2D eigenvalue weighted by molar-refractivity contribution is 5.16. The first-order valence-corrected chi connectivity index (χ1v) is 6.52. The molecule has 3 heteroatoms. The van der Waals surface area contributed by atoms with Gasteiger partial charge in [-0.2, -0.15) is 0 Å². The summed E-state index contributed by atoms with van der Waals surface area (Å²) in [5.74, 6) is 1.73. The molecule has 1 aromatic heterocycles. The van der Waals surface area contributed by atoms with Gasteiger partial charge in [-0.05, 0) is 32.5 Å². The minimum Gasteiger partial charge on any atom is -0.468 e. The van der Waals surface area contributed by atoms with E-state index in [0.29, 0.717) is 12.0 Å². The van der Waals surface area contributed by atoms with E-state index in [1.54, 1.807) is 6.26 Å². The molecule has 1 heterocycles. The maximum Gasteiger partial charge on any atom is 0.122 e. The summed E-state index contributed by atoms with van der Waals surface area (Å²) in [6, 6.07) is 2.66. The summed E-state index contributed by atoms with van der Waals surface area (Å²) in [5.41, 5.74) is 1.29. The van der Waals surface area contributed by atoms with Gasteiger partial charge in [-0.3, -0.25) is 4.90 Å². The van der Waals surface area contributed by atoms with Crippen LogP contribution in [0, 0.1) is 5.92 Å². The van der Waals surface area contributed by atoms with Crippen LogP contribution in [0.4, 0.5) is 0 Å². The third kappa shape index (κ3) is 4.17.